The zero-order valence-corrected chi connectivity index (χ0v) is 14.6. The molecular weight excluding hydrogens is 373 g/mol. The predicted molar refractivity (Wildman–Crippen MR) is 93.7 cm³/mol. The van der Waals surface area contributed by atoms with E-state index in [9.17, 15) is 14.5 Å². The number of hydrogen-bond acceptors (Lipinski definition) is 8. The zero-order valence-electron chi connectivity index (χ0n) is 13.7. The molecule has 0 aliphatic carbocycles. The van der Waals surface area contributed by atoms with Crippen molar-refractivity contribution >= 4 is 19.8 Å². The van der Waals surface area contributed by atoms with Gasteiger partial charge in [-0.1, -0.05) is 6.07 Å². The summed E-state index contributed by atoms with van der Waals surface area (Å²) in [7, 11) is -2.79. The van der Waals surface area contributed by atoms with E-state index in [1.54, 1.807) is 12.1 Å². The van der Waals surface area contributed by atoms with Gasteiger partial charge in [0.1, 0.15) is 18.1 Å². The minimum atomic E-state index is -2.79. The fourth-order valence-electron chi connectivity index (χ4n) is 2.12. The number of nitrogens with zero attached hydrogens (tertiary/aromatic N) is 4. The summed E-state index contributed by atoms with van der Waals surface area (Å²) in [5.41, 5.74) is 1.28. The second-order valence-electron chi connectivity index (χ2n) is 5.21. The topological polar surface area (TPSA) is 147 Å². The average Bonchev–Trinajstić information content (AvgIpc) is 2.68. The molecule has 136 valence electrons. The van der Waals surface area contributed by atoms with Gasteiger partial charge in [0.25, 0.3) is 5.91 Å². The van der Waals surface area contributed by atoms with Gasteiger partial charge in [0, 0.05) is 34.8 Å². The summed E-state index contributed by atoms with van der Waals surface area (Å²) in [6, 6.07) is 7.52. The fourth-order valence-corrected chi connectivity index (χ4v) is 2.37. The summed E-state index contributed by atoms with van der Waals surface area (Å²) >= 11 is 0. The third kappa shape index (κ3) is 4.85. The zero-order chi connectivity index (χ0) is 19.2. The number of carbonyl (C=O) groups is 1. The molecule has 0 saturated carbocycles. The molecule has 0 saturated heterocycles. The number of aromatic nitrogens is 4. The van der Waals surface area contributed by atoms with Crippen molar-refractivity contribution in [2.24, 2.45) is 0 Å². The Morgan fingerprint density at radius 1 is 1.22 bits per heavy atom. The highest BCUT2D eigenvalue weighted by atomic mass is 31.1. The smallest absolute Gasteiger partial charge is 0.508 e. The lowest BCUT2D eigenvalue weighted by Crippen LogP contribution is -2.14. The van der Waals surface area contributed by atoms with E-state index in [1.165, 1.54) is 36.8 Å². The maximum Gasteiger partial charge on any atom is 0.695 e. The predicted octanol–water partition coefficient (Wildman–Crippen LogP) is 2.06. The molecular formula is C16H13N5O5P+. The van der Waals surface area contributed by atoms with Crippen LogP contribution in [0, 0.1) is 0 Å². The summed E-state index contributed by atoms with van der Waals surface area (Å²) in [6.45, 7) is -0.219. The Labute approximate surface area is 153 Å². The summed E-state index contributed by atoms with van der Waals surface area (Å²) in [5.74, 6) is -0.296. The molecule has 2 heterocycles. The van der Waals surface area contributed by atoms with Gasteiger partial charge in [-0.25, -0.2) is 9.97 Å². The van der Waals surface area contributed by atoms with Crippen molar-refractivity contribution in [3.05, 3.63) is 60.0 Å². The van der Waals surface area contributed by atoms with Crippen LogP contribution in [0.15, 0.2) is 48.9 Å². The summed E-state index contributed by atoms with van der Waals surface area (Å²) in [5, 5.41) is 19.8. The highest BCUT2D eigenvalue weighted by Gasteiger charge is 2.17. The molecule has 0 aliphatic rings. The number of hydrogen-bond donors (Lipinski definition) is 3. The molecule has 1 amide bonds. The molecule has 0 radical (unpaired) electrons. The molecule has 3 aromatic rings. The molecule has 3 N–H and O–H groups in total. The van der Waals surface area contributed by atoms with Crippen LogP contribution in [-0.2, 0) is 15.7 Å². The van der Waals surface area contributed by atoms with E-state index < -0.39 is 14.2 Å². The lowest BCUT2D eigenvalue weighted by Gasteiger charge is -2.10. The molecule has 27 heavy (non-hydrogen) atoms. The quantitative estimate of drug-likeness (QED) is 0.541. The van der Waals surface area contributed by atoms with E-state index in [4.69, 9.17) is 4.89 Å². The minimum Gasteiger partial charge on any atom is -0.508 e. The number of phenolic OH excluding ortho intramolecular Hbond substituents is 1. The number of amides is 1. The molecule has 1 atom stereocenters. The van der Waals surface area contributed by atoms with Crippen LogP contribution < -0.4 is 5.32 Å². The second-order valence-corrected chi connectivity index (χ2v) is 5.94. The Hall–Kier alpha value is -3.33. The van der Waals surface area contributed by atoms with Gasteiger partial charge < -0.3 is 10.4 Å². The first kappa shape index (κ1) is 18.5. The first-order valence-electron chi connectivity index (χ1n) is 7.55. The van der Waals surface area contributed by atoms with E-state index in [0.29, 0.717) is 17.1 Å². The van der Waals surface area contributed by atoms with Crippen LogP contribution in [0.1, 0.15) is 15.9 Å². The first-order chi connectivity index (χ1) is 13.0. The van der Waals surface area contributed by atoms with Crippen molar-refractivity contribution in [3.8, 4) is 17.3 Å². The number of aromatic hydroxyl groups is 1. The van der Waals surface area contributed by atoms with Gasteiger partial charge in [-0.15, -0.1) is 14.5 Å². The SMILES string of the molecule is O=C(Nc1cc(O)ccc1CO[P+](=O)O)c1cnc(-c2cccnn2)nc1. The lowest BCUT2D eigenvalue weighted by atomic mass is 10.1. The molecule has 0 bridgehead atoms. The Morgan fingerprint density at radius 2 is 2.00 bits per heavy atom. The first-order valence-corrected chi connectivity index (χ1v) is 8.68. The Balaban J connectivity index is 1.77. The third-order valence-electron chi connectivity index (χ3n) is 3.39. The van der Waals surface area contributed by atoms with Crippen LogP contribution in [0.3, 0.4) is 0 Å². The van der Waals surface area contributed by atoms with E-state index in [-0.39, 0.29) is 23.6 Å². The Bertz CT molecular complexity index is 969. The highest BCUT2D eigenvalue weighted by Crippen LogP contribution is 2.26. The van der Waals surface area contributed by atoms with Crippen LogP contribution in [0.5, 0.6) is 5.75 Å². The Kier molecular flexibility index (Phi) is 5.72. The van der Waals surface area contributed by atoms with Crippen molar-refractivity contribution < 1.29 is 23.9 Å². The van der Waals surface area contributed by atoms with Gasteiger partial charge in [0.15, 0.2) is 5.82 Å². The maximum absolute atomic E-state index is 12.4. The molecule has 0 fully saturated rings. The van der Waals surface area contributed by atoms with Crippen LogP contribution in [-0.4, -0.2) is 36.1 Å². The normalized spacial score (nSPS) is 11.1. The van der Waals surface area contributed by atoms with E-state index in [0.717, 1.165) is 0 Å². The van der Waals surface area contributed by atoms with Crippen molar-refractivity contribution in [3.63, 3.8) is 0 Å². The maximum atomic E-state index is 12.4. The number of anilines is 1. The highest BCUT2D eigenvalue weighted by molar-refractivity contribution is 7.32. The monoisotopic (exact) mass is 386 g/mol. The van der Waals surface area contributed by atoms with Gasteiger partial charge in [-0.2, -0.15) is 5.10 Å². The molecule has 0 spiro atoms. The third-order valence-corrected chi connectivity index (χ3v) is 3.74. The van der Waals surface area contributed by atoms with Crippen LogP contribution in [0.2, 0.25) is 0 Å². The number of phenols is 1. The molecule has 1 aromatic carbocycles. The molecule has 11 heteroatoms. The van der Waals surface area contributed by atoms with Crippen LogP contribution in [0.25, 0.3) is 11.5 Å². The number of nitrogens with one attached hydrogen (secondary N) is 1. The summed E-state index contributed by atoms with van der Waals surface area (Å²) < 4.78 is 15.4. The number of rotatable bonds is 6. The van der Waals surface area contributed by atoms with Gasteiger partial charge in [0.2, 0.25) is 0 Å². The lowest BCUT2D eigenvalue weighted by molar-refractivity contribution is 0.102. The van der Waals surface area contributed by atoms with Crippen LogP contribution >= 0.6 is 8.25 Å². The van der Waals surface area contributed by atoms with Crippen molar-refractivity contribution in [1.29, 1.82) is 0 Å². The van der Waals surface area contributed by atoms with E-state index >= 15 is 0 Å². The number of benzene rings is 1. The fraction of sp³-hybridized carbons (Fsp3) is 0.0625. The molecule has 3 rings (SSSR count). The van der Waals surface area contributed by atoms with Crippen molar-refractivity contribution in [1.82, 2.24) is 20.2 Å². The van der Waals surface area contributed by atoms with Gasteiger partial charge in [0.05, 0.1) is 11.3 Å². The largest absolute Gasteiger partial charge is 0.695 e. The second kappa shape index (κ2) is 8.37. The molecule has 2 aromatic heterocycles. The minimum absolute atomic E-state index is 0.0864. The van der Waals surface area contributed by atoms with Crippen molar-refractivity contribution in [2.75, 3.05) is 5.32 Å². The van der Waals surface area contributed by atoms with E-state index in [1.807, 2.05) is 0 Å². The summed E-state index contributed by atoms with van der Waals surface area (Å²) in [4.78, 5) is 29.4. The van der Waals surface area contributed by atoms with Crippen LogP contribution in [0.4, 0.5) is 5.69 Å². The molecule has 0 aliphatic heterocycles. The Morgan fingerprint density at radius 3 is 2.67 bits per heavy atom. The van der Waals surface area contributed by atoms with Gasteiger partial charge in [-0.3, -0.25) is 4.79 Å². The molecule has 1 unspecified atom stereocenters. The van der Waals surface area contributed by atoms with Gasteiger partial charge in [-0.05, 0) is 18.2 Å². The standard InChI is InChI=1S/C16H12N5O5P/c22-12-4-3-10(9-26-27(24)25)14(6-12)20-16(23)11-7-17-15(18-8-11)13-2-1-5-19-21-13/h1-8H,9H2,(H2-,20,22,23,24,25)/p+1. The summed E-state index contributed by atoms with van der Waals surface area (Å²) in [6.07, 6.45) is 4.18. The number of carbonyl (C=O) groups excluding carboxylic acids is 1. The van der Waals surface area contributed by atoms with Gasteiger partial charge >= 0.3 is 8.25 Å². The van der Waals surface area contributed by atoms with E-state index in [2.05, 4.69) is 30.0 Å². The molecule has 10 nitrogen and oxygen atoms in total. The average molecular weight is 386 g/mol. The van der Waals surface area contributed by atoms with Crippen molar-refractivity contribution in [2.45, 2.75) is 6.61 Å².